The number of nitrogens with zero attached hydrogens (tertiary/aromatic N) is 7. The van der Waals surface area contributed by atoms with Gasteiger partial charge in [0, 0.05) is 24.0 Å². The van der Waals surface area contributed by atoms with Crippen LogP contribution < -0.4 is 15.1 Å². The van der Waals surface area contributed by atoms with E-state index in [9.17, 15) is 22.8 Å². The first kappa shape index (κ1) is 27.6. The van der Waals surface area contributed by atoms with Crippen molar-refractivity contribution < 1.29 is 27.2 Å². The Bertz CT molecular complexity index is 1780. The molecule has 41 heavy (non-hydrogen) atoms. The number of amides is 2. The summed E-state index contributed by atoms with van der Waals surface area (Å²) in [6.45, 7) is 2.82. The molecule has 208 valence electrons. The second-order valence-corrected chi connectivity index (χ2v) is 9.85. The van der Waals surface area contributed by atoms with Crippen molar-refractivity contribution in [3.05, 3.63) is 83.3 Å². The Morgan fingerprint density at radius 1 is 1.17 bits per heavy atom. The number of fused-ring (bicyclic) bond motifs is 1. The Balaban J connectivity index is 1.38. The maximum atomic E-state index is 15.2. The van der Waals surface area contributed by atoms with Gasteiger partial charge in [0.25, 0.3) is 11.8 Å². The van der Waals surface area contributed by atoms with Gasteiger partial charge in [0.15, 0.2) is 16.5 Å². The molecular formula is C26H18F4N8O2S. The molecule has 1 aromatic carbocycles. The molecule has 0 atom stereocenters. The number of alkyl halides is 3. The fraction of sp³-hybridized carbons (Fsp3) is 0.192. The van der Waals surface area contributed by atoms with Crippen LogP contribution in [-0.4, -0.2) is 42.0 Å². The average molecular weight is 583 g/mol. The molecule has 0 radical (unpaired) electrons. The maximum Gasteiger partial charge on any atom is 0.419 e. The standard InChI is InChI=1S/C26H18F4N8O2S/c1-25(2)23(40)37(17-7-18(26(28,29)30)20(9-31)32-11-17)24(41)38(25)16-5-3-14(19(27)8-16)10-33-22(39)15-4-6-21-35-34-13-36(21)12-15/h3-8,11-13H,10H2,1-2H3,(H,33,39). The number of halogens is 4. The van der Waals surface area contributed by atoms with E-state index in [2.05, 4.69) is 20.5 Å². The molecular weight excluding hydrogens is 564 g/mol. The molecule has 15 heteroatoms. The molecule has 4 heterocycles. The van der Waals surface area contributed by atoms with Crippen LogP contribution in [0, 0.1) is 17.1 Å². The number of benzene rings is 1. The van der Waals surface area contributed by atoms with Gasteiger partial charge in [-0.2, -0.15) is 18.4 Å². The summed E-state index contributed by atoms with van der Waals surface area (Å²) >= 11 is 5.46. The van der Waals surface area contributed by atoms with Crippen LogP contribution >= 0.6 is 12.2 Å². The summed E-state index contributed by atoms with van der Waals surface area (Å²) in [6, 6.07) is 9.19. The van der Waals surface area contributed by atoms with Crippen LogP contribution in [-0.2, 0) is 17.5 Å². The zero-order chi connectivity index (χ0) is 29.7. The summed E-state index contributed by atoms with van der Waals surface area (Å²) in [4.78, 5) is 31.7. The minimum absolute atomic E-state index is 0.143. The number of nitrogens with one attached hydrogen (secondary N) is 1. The summed E-state index contributed by atoms with van der Waals surface area (Å²) in [5.41, 5.74) is -2.69. The smallest absolute Gasteiger partial charge is 0.348 e. The zero-order valence-electron chi connectivity index (χ0n) is 21.3. The lowest BCUT2D eigenvalue weighted by Crippen LogP contribution is -2.44. The van der Waals surface area contributed by atoms with Gasteiger partial charge < -0.3 is 10.2 Å². The minimum atomic E-state index is -4.90. The Morgan fingerprint density at radius 3 is 2.61 bits per heavy atom. The molecule has 1 N–H and O–H groups in total. The molecule has 1 aliphatic heterocycles. The third kappa shape index (κ3) is 4.82. The number of carbonyl (C=O) groups is 2. The highest BCUT2D eigenvalue weighted by molar-refractivity contribution is 7.81. The molecule has 1 aliphatic rings. The van der Waals surface area contributed by atoms with Crippen LogP contribution in [0.25, 0.3) is 5.65 Å². The highest BCUT2D eigenvalue weighted by Gasteiger charge is 2.51. The molecule has 4 aromatic rings. The molecule has 0 spiro atoms. The summed E-state index contributed by atoms with van der Waals surface area (Å²) in [5.74, 6) is -1.84. The second-order valence-electron chi connectivity index (χ2n) is 9.49. The lowest BCUT2D eigenvalue weighted by molar-refractivity contribution is -0.138. The van der Waals surface area contributed by atoms with Crippen LogP contribution in [0.2, 0.25) is 0 Å². The summed E-state index contributed by atoms with van der Waals surface area (Å²) in [5, 5.41) is 19.1. The summed E-state index contributed by atoms with van der Waals surface area (Å²) < 4.78 is 57.3. The second kappa shape index (κ2) is 9.89. The van der Waals surface area contributed by atoms with Crippen LogP contribution in [0.15, 0.2) is 55.1 Å². The van der Waals surface area contributed by atoms with Crippen molar-refractivity contribution in [3.63, 3.8) is 0 Å². The molecule has 5 rings (SSSR count). The van der Waals surface area contributed by atoms with E-state index in [1.807, 2.05) is 0 Å². The van der Waals surface area contributed by atoms with Gasteiger partial charge >= 0.3 is 6.18 Å². The van der Waals surface area contributed by atoms with Crippen molar-refractivity contribution in [2.75, 3.05) is 9.80 Å². The van der Waals surface area contributed by atoms with Crippen LogP contribution in [0.5, 0.6) is 0 Å². The number of aromatic nitrogens is 4. The van der Waals surface area contributed by atoms with Gasteiger partial charge in [-0.3, -0.25) is 18.9 Å². The number of nitriles is 1. The maximum absolute atomic E-state index is 15.2. The quantitative estimate of drug-likeness (QED) is 0.277. The number of anilines is 2. The number of carbonyl (C=O) groups excluding carboxylic acids is 2. The number of thiocarbonyl (C=S) groups is 1. The number of hydrogen-bond donors (Lipinski definition) is 1. The summed E-state index contributed by atoms with van der Waals surface area (Å²) in [7, 11) is 0. The molecule has 0 saturated carbocycles. The van der Waals surface area contributed by atoms with Crippen molar-refractivity contribution in [2.45, 2.75) is 32.1 Å². The van der Waals surface area contributed by atoms with Crippen molar-refractivity contribution >= 4 is 46.2 Å². The molecule has 10 nitrogen and oxygen atoms in total. The van der Waals surface area contributed by atoms with E-state index in [-0.39, 0.29) is 28.6 Å². The molecule has 1 fully saturated rings. The van der Waals surface area contributed by atoms with Crippen molar-refractivity contribution in [3.8, 4) is 6.07 Å². The third-order valence-electron chi connectivity index (χ3n) is 6.50. The SMILES string of the molecule is CC1(C)C(=O)N(c2cnc(C#N)c(C(F)(F)F)c2)C(=S)N1c1ccc(CNC(=O)c2ccc3nncn3c2)c(F)c1. The van der Waals surface area contributed by atoms with Gasteiger partial charge in [0.1, 0.15) is 23.8 Å². The molecule has 1 saturated heterocycles. The van der Waals surface area contributed by atoms with E-state index in [0.717, 1.165) is 17.2 Å². The van der Waals surface area contributed by atoms with Gasteiger partial charge in [-0.05, 0) is 56.4 Å². The van der Waals surface area contributed by atoms with Crippen LogP contribution in [0.3, 0.4) is 0 Å². The lowest BCUT2D eigenvalue weighted by atomic mass is 10.0. The van der Waals surface area contributed by atoms with Gasteiger partial charge in [-0.1, -0.05) is 6.07 Å². The van der Waals surface area contributed by atoms with Crippen molar-refractivity contribution in [1.82, 2.24) is 24.9 Å². The molecule has 2 amide bonds. The molecule has 0 unspecified atom stereocenters. The third-order valence-corrected chi connectivity index (χ3v) is 6.86. The van der Waals surface area contributed by atoms with E-state index in [1.54, 1.807) is 16.5 Å². The first-order chi connectivity index (χ1) is 19.3. The fourth-order valence-electron chi connectivity index (χ4n) is 4.40. The average Bonchev–Trinajstić information content (AvgIpc) is 3.46. The van der Waals surface area contributed by atoms with Gasteiger partial charge in [-0.15, -0.1) is 10.2 Å². The Kier molecular flexibility index (Phi) is 6.66. The topological polar surface area (TPSA) is 120 Å². The van der Waals surface area contributed by atoms with Crippen LogP contribution in [0.1, 0.15) is 41.0 Å². The predicted molar refractivity (Wildman–Crippen MR) is 141 cm³/mol. The normalized spacial score (nSPS) is 15.0. The highest BCUT2D eigenvalue weighted by Crippen LogP contribution is 2.39. The van der Waals surface area contributed by atoms with Gasteiger partial charge in [-0.25, -0.2) is 9.37 Å². The van der Waals surface area contributed by atoms with E-state index in [0.29, 0.717) is 17.3 Å². The Hall–Kier alpha value is -4.97. The molecule has 0 bridgehead atoms. The number of pyridine rings is 2. The molecule has 3 aromatic heterocycles. The van der Waals surface area contributed by atoms with Crippen LogP contribution in [0.4, 0.5) is 28.9 Å². The first-order valence-corrected chi connectivity index (χ1v) is 12.3. The monoisotopic (exact) mass is 582 g/mol. The first-order valence-electron chi connectivity index (χ1n) is 11.8. The van der Waals surface area contributed by atoms with Crippen molar-refractivity contribution in [1.29, 1.82) is 5.26 Å². The lowest BCUT2D eigenvalue weighted by Gasteiger charge is -2.29. The van der Waals surface area contributed by atoms with E-state index < -0.39 is 40.6 Å². The number of rotatable bonds is 5. The Morgan fingerprint density at radius 2 is 1.93 bits per heavy atom. The fourth-order valence-corrected chi connectivity index (χ4v) is 4.92. The zero-order valence-corrected chi connectivity index (χ0v) is 22.1. The molecule has 0 aliphatic carbocycles. The predicted octanol–water partition coefficient (Wildman–Crippen LogP) is 4.00. The Labute approximate surface area is 234 Å². The highest BCUT2D eigenvalue weighted by atomic mass is 32.1. The minimum Gasteiger partial charge on any atom is -0.348 e. The van der Waals surface area contributed by atoms with Gasteiger partial charge in [0.2, 0.25) is 0 Å². The van der Waals surface area contributed by atoms with E-state index in [4.69, 9.17) is 17.5 Å². The van der Waals surface area contributed by atoms with Crippen molar-refractivity contribution in [2.24, 2.45) is 0 Å². The van der Waals surface area contributed by atoms with Gasteiger partial charge in [0.05, 0.1) is 23.0 Å². The number of hydrogen-bond acceptors (Lipinski definition) is 7. The van der Waals surface area contributed by atoms with E-state index in [1.165, 1.54) is 49.5 Å². The van der Waals surface area contributed by atoms with E-state index >= 15 is 4.39 Å². The largest absolute Gasteiger partial charge is 0.419 e. The summed E-state index contributed by atoms with van der Waals surface area (Å²) in [6.07, 6.45) is -0.978.